The van der Waals surface area contributed by atoms with Gasteiger partial charge in [0.15, 0.2) is 0 Å². The van der Waals surface area contributed by atoms with Gasteiger partial charge in [-0.25, -0.2) is 4.21 Å². The molecular formula is C12H24NaO3S+. The van der Waals surface area contributed by atoms with E-state index in [1.54, 1.807) is 0 Å². The quantitative estimate of drug-likeness (QED) is 0.425. The van der Waals surface area contributed by atoms with E-state index >= 15 is 0 Å². The van der Waals surface area contributed by atoms with Crippen LogP contribution in [0.3, 0.4) is 0 Å². The van der Waals surface area contributed by atoms with Gasteiger partial charge in [0.05, 0.1) is 5.75 Å². The molecule has 5 heteroatoms. The van der Waals surface area contributed by atoms with E-state index in [-0.39, 0.29) is 29.6 Å². The van der Waals surface area contributed by atoms with Gasteiger partial charge in [0.25, 0.3) is 0 Å². The largest absolute Gasteiger partial charge is 1.00 e. The summed E-state index contributed by atoms with van der Waals surface area (Å²) in [7, 11) is 0. The molecule has 0 radical (unpaired) electrons. The third-order valence-electron chi connectivity index (χ3n) is 2.37. The van der Waals surface area contributed by atoms with Crippen LogP contribution in [-0.2, 0) is 20.1 Å². The Kier molecular flexibility index (Phi) is 17.2. The molecule has 0 aliphatic rings. The topological polar surface area (TPSA) is 43.4 Å². The van der Waals surface area contributed by atoms with Gasteiger partial charge in [0, 0.05) is 6.92 Å². The minimum Gasteiger partial charge on any atom is -0.364 e. The maximum absolute atomic E-state index is 11.1. The molecule has 0 saturated carbocycles. The summed E-state index contributed by atoms with van der Waals surface area (Å²) in [5.41, 5.74) is 0. The van der Waals surface area contributed by atoms with Gasteiger partial charge in [-0.15, -0.1) is 0 Å². The summed E-state index contributed by atoms with van der Waals surface area (Å²) in [4.78, 5) is 10.5. The van der Waals surface area contributed by atoms with Gasteiger partial charge in [0.2, 0.25) is 11.1 Å². The van der Waals surface area contributed by atoms with Crippen LogP contribution in [0.15, 0.2) is 0 Å². The predicted octanol–water partition coefficient (Wildman–Crippen LogP) is 0.358. The molecule has 1 unspecified atom stereocenters. The van der Waals surface area contributed by atoms with Gasteiger partial charge in [0.1, 0.15) is 0 Å². The zero-order chi connectivity index (χ0) is 12.2. The molecule has 0 bridgehead atoms. The van der Waals surface area contributed by atoms with Crippen molar-refractivity contribution in [2.75, 3.05) is 5.75 Å². The normalized spacial score (nSPS) is 11.6. The zero-order valence-electron chi connectivity index (χ0n) is 11.5. The van der Waals surface area contributed by atoms with Crippen molar-refractivity contribution in [3.05, 3.63) is 0 Å². The molecule has 1 atom stereocenters. The molecule has 0 rings (SSSR count). The summed E-state index contributed by atoms with van der Waals surface area (Å²) in [5.74, 6) is 0.0204. The van der Waals surface area contributed by atoms with Crippen LogP contribution in [0.2, 0.25) is 0 Å². The molecule has 96 valence electrons. The van der Waals surface area contributed by atoms with Crippen LogP contribution in [0.25, 0.3) is 0 Å². The first kappa shape index (κ1) is 19.9. The number of unbranched alkanes of at least 4 members (excludes halogenated alkanes) is 7. The number of rotatable bonds is 10. The molecule has 0 aliphatic carbocycles. The molecule has 17 heavy (non-hydrogen) atoms. The van der Waals surface area contributed by atoms with Crippen molar-refractivity contribution >= 4 is 17.0 Å². The number of carbonyl (C=O) groups is 1. The van der Waals surface area contributed by atoms with Gasteiger partial charge < -0.3 is 4.18 Å². The van der Waals surface area contributed by atoms with Crippen LogP contribution >= 0.6 is 0 Å². The molecule has 0 aromatic carbocycles. The minimum absolute atomic E-state index is 0. The summed E-state index contributed by atoms with van der Waals surface area (Å²) in [5, 5.41) is 0. The van der Waals surface area contributed by atoms with Crippen molar-refractivity contribution in [1.29, 1.82) is 0 Å². The second-order valence-electron chi connectivity index (χ2n) is 4.06. The monoisotopic (exact) mass is 271 g/mol. The van der Waals surface area contributed by atoms with E-state index in [0.29, 0.717) is 5.75 Å². The Bertz CT molecular complexity index is 210. The molecular weight excluding hydrogens is 247 g/mol. The van der Waals surface area contributed by atoms with E-state index in [2.05, 4.69) is 11.1 Å². The van der Waals surface area contributed by atoms with Gasteiger partial charge in [-0.3, -0.25) is 4.79 Å². The Morgan fingerprint density at radius 2 is 1.47 bits per heavy atom. The third-order valence-corrected chi connectivity index (χ3v) is 3.42. The van der Waals surface area contributed by atoms with Gasteiger partial charge in [-0.1, -0.05) is 51.9 Å². The Hall–Kier alpha value is 0.620. The predicted molar refractivity (Wildman–Crippen MR) is 67.4 cm³/mol. The van der Waals surface area contributed by atoms with Gasteiger partial charge in [-0.05, 0) is 6.42 Å². The van der Waals surface area contributed by atoms with E-state index in [4.69, 9.17) is 0 Å². The second kappa shape index (κ2) is 14.7. The van der Waals surface area contributed by atoms with E-state index < -0.39 is 17.0 Å². The van der Waals surface area contributed by atoms with Crippen molar-refractivity contribution in [1.82, 2.24) is 0 Å². The third kappa shape index (κ3) is 16.6. The van der Waals surface area contributed by atoms with Crippen LogP contribution < -0.4 is 29.6 Å². The Morgan fingerprint density at radius 1 is 1.00 bits per heavy atom. The Morgan fingerprint density at radius 3 is 1.94 bits per heavy atom. The molecule has 0 aromatic rings. The van der Waals surface area contributed by atoms with Crippen molar-refractivity contribution in [3.63, 3.8) is 0 Å². The summed E-state index contributed by atoms with van der Waals surface area (Å²) >= 11 is -1.41. The Balaban J connectivity index is 0. The van der Waals surface area contributed by atoms with Crippen LogP contribution in [0, 0.1) is 0 Å². The fourth-order valence-electron chi connectivity index (χ4n) is 1.53. The standard InChI is InChI=1S/C12H24O3S.Na/c1-3-4-5-6-7-8-9-10-11-16(14)15-12(2)13;/h3-11H2,1-2H3;/q;+1. The molecule has 0 fully saturated rings. The zero-order valence-corrected chi connectivity index (χ0v) is 14.3. The van der Waals surface area contributed by atoms with Crippen molar-refractivity contribution in [2.45, 2.75) is 65.2 Å². The molecule has 0 amide bonds. The maximum Gasteiger partial charge on any atom is 1.00 e. The van der Waals surface area contributed by atoms with Crippen LogP contribution in [0.1, 0.15) is 65.2 Å². The number of hydrogen-bond acceptors (Lipinski definition) is 3. The molecule has 3 nitrogen and oxygen atoms in total. The molecule has 0 aromatic heterocycles. The summed E-state index contributed by atoms with van der Waals surface area (Å²) in [6.07, 6.45) is 9.67. The Labute approximate surface area is 130 Å². The molecule has 0 N–H and O–H groups in total. The van der Waals surface area contributed by atoms with E-state index in [9.17, 15) is 9.00 Å². The smallest absolute Gasteiger partial charge is 0.364 e. The van der Waals surface area contributed by atoms with Gasteiger partial charge >= 0.3 is 35.5 Å². The van der Waals surface area contributed by atoms with Crippen molar-refractivity contribution in [3.8, 4) is 0 Å². The van der Waals surface area contributed by atoms with Crippen LogP contribution in [0.5, 0.6) is 0 Å². The first-order valence-corrected chi connectivity index (χ1v) is 7.48. The summed E-state index contributed by atoms with van der Waals surface area (Å²) in [6, 6.07) is 0. The van der Waals surface area contributed by atoms with E-state index in [0.717, 1.165) is 12.8 Å². The van der Waals surface area contributed by atoms with E-state index in [1.807, 2.05) is 0 Å². The van der Waals surface area contributed by atoms with Crippen molar-refractivity contribution < 1.29 is 42.7 Å². The second-order valence-corrected chi connectivity index (χ2v) is 5.24. The number of hydrogen-bond donors (Lipinski definition) is 0. The van der Waals surface area contributed by atoms with Crippen LogP contribution in [-0.4, -0.2) is 15.9 Å². The average Bonchev–Trinajstić information content (AvgIpc) is 2.21. The van der Waals surface area contributed by atoms with Gasteiger partial charge in [-0.2, -0.15) is 0 Å². The molecule has 0 heterocycles. The fourth-order valence-corrected chi connectivity index (χ4v) is 2.31. The fraction of sp³-hybridized carbons (Fsp3) is 0.917. The summed E-state index contributed by atoms with van der Waals surface area (Å²) in [6.45, 7) is 3.50. The maximum atomic E-state index is 11.1. The van der Waals surface area contributed by atoms with E-state index in [1.165, 1.54) is 45.4 Å². The first-order valence-electron chi connectivity index (χ1n) is 6.24. The van der Waals surface area contributed by atoms with Crippen LogP contribution in [0.4, 0.5) is 0 Å². The minimum atomic E-state index is -1.41. The van der Waals surface area contributed by atoms with Crippen molar-refractivity contribution in [2.24, 2.45) is 0 Å². The number of carbonyl (C=O) groups excluding carboxylic acids is 1. The summed E-state index contributed by atoms with van der Waals surface area (Å²) < 4.78 is 15.6. The molecule has 0 spiro atoms. The molecule has 0 aliphatic heterocycles. The first-order chi connectivity index (χ1) is 7.66. The SMILES string of the molecule is CCCCCCCCCCS(=O)OC(C)=O.[Na+]. The molecule has 0 saturated heterocycles. The average molecular weight is 271 g/mol.